The minimum Gasteiger partial charge on any atom is -0.392 e. The third-order valence-corrected chi connectivity index (χ3v) is 4.03. The average molecular weight is 305 g/mol. The summed E-state index contributed by atoms with van der Waals surface area (Å²) >= 11 is 0. The Bertz CT molecular complexity index is 529. The zero-order chi connectivity index (χ0) is 16.3. The first-order valence-electron chi connectivity index (χ1n) is 7.98. The first-order valence-corrected chi connectivity index (χ1v) is 7.98. The Morgan fingerprint density at radius 1 is 1.41 bits per heavy atom. The van der Waals surface area contributed by atoms with Crippen molar-refractivity contribution in [2.75, 3.05) is 30.4 Å². The fourth-order valence-electron chi connectivity index (χ4n) is 2.87. The van der Waals surface area contributed by atoms with Crippen LogP contribution in [0.3, 0.4) is 0 Å². The quantitative estimate of drug-likeness (QED) is 0.899. The summed E-state index contributed by atoms with van der Waals surface area (Å²) in [5.41, 5.74) is 3.34. The lowest BCUT2D eigenvalue weighted by atomic mass is 10.0. The van der Waals surface area contributed by atoms with Crippen LogP contribution in [-0.2, 0) is 6.42 Å². The smallest absolute Gasteiger partial charge is 0.322 e. The maximum atomic E-state index is 12.4. The number of hydrogen-bond acceptors (Lipinski definition) is 3. The normalized spacial score (nSPS) is 15.5. The predicted octanol–water partition coefficient (Wildman–Crippen LogP) is 2.69. The minimum absolute atomic E-state index is 0.0401. The van der Waals surface area contributed by atoms with Crippen LogP contribution in [0.5, 0.6) is 0 Å². The van der Waals surface area contributed by atoms with E-state index in [0.29, 0.717) is 6.54 Å². The van der Waals surface area contributed by atoms with E-state index in [1.807, 2.05) is 19.9 Å². The number of nitrogens with one attached hydrogen (secondary N) is 1. The fourth-order valence-corrected chi connectivity index (χ4v) is 2.87. The molecule has 0 aromatic heterocycles. The van der Waals surface area contributed by atoms with Gasteiger partial charge in [-0.25, -0.2) is 4.79 Å². The van der Waals surface area contributed by atoms with Crippen LogP contribution in [0.15, 0.2) is 18.2 Å². The summed E-state index contributed by atoms with van der Waals surface area (Å²) in [6.45, 7) is 7.00. The number of fused-ring (bicyclic) bond motifs is 1. The zero-order valence-corrected chi connectivity index (χ0v) is 14.0. The van der Waals surface area contributed by atoms with E-state index in [9.17, 15) is 9.90 Å². The van der Waals surface area contributed by atoms with Gasteiger partial charge < -0.3 is 20.2 Å². The molecule has 2 amide bonds. The summed E-state index contributed by atoms with van der Waals surface area (Å²) in [7, 11) is 2.10. The molecule has 5 nitrogen and oxygen atoms in total. The highest BCUT2D eigenvalue weighted by molar-refractivity contribution is 5.90. The van der Waals surface area contributed by atoms with Crippen molar-refractivity contribution in [3.63, 3.8) is 0 Å². The Morgan fingerprint density at radius 3 is 2.77 bits per heavy atom. The largest absolute Gasteiger partial charge is 0.392 e. The first-order chi connectivity index (χ1) is 10.4. The third kappa shape index (κ3) is 3.91. The Hall–Kier alpha value is -1.75. The number of rotatable bonds is 4. The molecule has 1 aromatic carbocycles. The third-order valence-electron chi connectivity index (χ3n) is 4.03. The molecule has 1 heterocycles. The number of urea groups is 1. The Labute approximate surface area is 132 Å². The van der Waals surface area contributed by atoms with Crippen molar-refractivity contribution >= 4 is 17.4 Å². The van der Waals surface area contributed by atoms with Crippen LogP contribution in [-0.4, -0.2) is 48.3 Å². The van der Waals surface area contributed by atoms with Gasteiger partial charge in [-0.1, -0.05) is 0 Å². The molecule has 0 bridgehead atoms. The lowest BCUT2D eigenvalue weighted by molar-refractivity contribution is 0.125. The molecule has 22 heavy (non-hydrogen) atoms. The second kappa shape index (κ2) is 7.01. The topological polar surface area (TPSA) is 55.8 Å². The summed E-state index contributed by atoms with van der Waals surface area (Å²) in [5, 5.41) is 12.5. The number of aliphatic hydroxyl groups excluding tert-OH is 1. The van der Waals surface area contributed by atoms with E-state index in [1.165, 1.54) is 11.3 Å². The number of benzene rings is 1. The summed E-state index contributed by atoms with van der Waals surface area (Å²) in [5.74, 6) is 0. The highest BCUT2D eigenvalue weighted by Crippen LogP contribution is 2.28. The SMILES string of the molecule is CC(O)CN(C(=O)Nc1ccc2c(c1)CCCN2C)C(C)C. The second-order valence-electron chi connectivity index (χ2n) is 6.39. The van der Waals surface area contributed by atoms with Crippen LogP contribution >= 0.6 is 0 Å². The van der Waals surface area contributed by atoms with Crippen LogP contribution < -0.4 is 10.2 Å². The minimum atomic E-state index is -0.537. The van der Waals surface area contributed by atoms with E-state index < -0.39 is 6.10 Å². The molecule has 122 valence electrons. The lowest BCUT2D eigenvalue weighted by Gasteiger charge is -2.29. The van der Waals surface area contributed by atoms with Gasteiger partial charge in [-0.2, -0.15) is 0 Å². The Kier molecular flexibility index (Phi) is 5.29. The van der Waals surface area contributed by atoms with Gasteiger partial charge in [0.25, 0.3) is 0 Å². The maximum absolute atomic E-state index is 12.4. The molecule has 2 N–H and O–H groups in total. The van der Waals surface area contributed by atoms with Gasteiger partial charge >= 0.3 is 6.03 Å². The van der Waals surface area contributed by atoms with Gasteiger partial charge in [-0.15, -0.1) is 0 Å². The molecule has 1 aliphatic rings. The van der Waals surface area contributed by atoms with E-state index in [2.05, 4.69) is 29.4 Å². The molecule has 0 saturated heterocycles. The number of hydrogen-bond donors (Lipinski definition) is 2. The number of carbonyl (C=O) groups excluding carboxylic acids is 1. The second-order valence-corrected chi connectivity index (χ2v) is 6.39. The molecule has 1 atom stereocenters. The van der Waals surface area contributed by atoms with E-state index >= 15 is 0 Å². The van der Waals surface area contributed by atoms with Crippen molar-refractivity contribution in [1.82, 2.24) is 4.90 Å². The molecule has 0 spiro atoms. The number of carbonyl (C=O) groups is 1. The summed E-state index contributed by atoms with van der Waals surface area (Å²) < 4.78 is 0. The standard InChI is InChI=1S/C17H27N3O2/c1-12(2)20(11-13(3)21)17(22)18-15-7-8-16-14(10-15)6-5-9-19(16)4/h7-8,10,12-13,21H,5-6,9,11H2,1-4H3,(H,18,22). The fraction of sp³-hybridized carbons (Fsp3) is 0.588. The van der Waals surface area contributed by atoms with Crippen molar-refractivity contribution in [3.05, 3.63) is 23.8 Å². The molecule has 0 saturated carbocycles. The van der Waals surface area contributed by atoms with Gasteiger partial charge in [0.15, 0.2) is 0 Å². The summed E-state index contributed by atoms with van der Waals surface area (Å²) in [6.07, 6.45) is 1.65. The predicted molar refractivity (Wildman–Crippen MR) is 90.6 cm³/mol. The highest BCUT2D eigenvalue weighted by Gasteiger charge is 2.20. The van der Waals surface area contributed by atoms with Crippen molar-refractivity contribution in [2.24, 2.45) is 0 Å². The molecular weight excluding hydrogens is 278 g/mol. The average Bonchev–Trinajstić information content (AvgIpc) is 2.44. The molecule has 1 unspecified atom stereocenters. The maximum Gasteiger partial charge on any atom is 0.322 e. The molecule has 0 radical (unpaired) electrons. The molecule has 0 fully saturated rings. The van der Waals surface area contributed by atoms with Crippen molar-refractivity contribution in [3.8, 4) is 0 Å². The molecule has 0 aliphatic carbocycles. The molecule has 1 aromatic rings. The molecule has 1 aliphatic heterocycles. The molecule has 2 rings (SSSR count). The monoisotopic (exact) mass is 305 g/mol. The number of nitrogens with zero attached hydrogens (tertiary/aromatic N) is 2. The number of aliphatic hydroxyl groups is 1. The number of aryl methyl sites for hydroxylation is 1. The Morgan fingerprint density at radius 2 is 2.14 bits per heavy atom. The molecule has 5 heteroatoms. The van der Waals surface area contributed by atoms with Crippen molar-refractivity contribution in [2.45, 2.75) is 45.8 Å². The van der Waals surface area contributed by atoms with Crippen LogP contribution in [0.25, 0.3) is 0 Å². The van der Waals surface area contributed by atoms with Crippen LogP contribution in [0.2, 0.25) is 0 Å². The highest BCUT2D eigenvalue weighted by atomic mass is 16.3. The van der Waals surface area contributed by atoms with E-state index in [1.54, 1.807) is 11.8 Å². The number of amides is 2. The summed E-state index contributed by atoms with van der Waals surface area (Å²) in [4.78, 5) is 16.3. The molecular formula is C17H27N3O2. The van der Waals surface area contributed by atoms with Crippen molar-refractivity contribution < 1.29 is 9.90 Å². The van der Waals surface area contributed by atoms with Gasteiger partial charge in [-0.3, -0.25) is 0 Å². The van der Waals surface area contributed by atoms with Crippen molar-refractivity contribution in [1.29, 1.82) is 0 Å². The van der Waals surface area contributed by atoms with Gasteiger partial charge in [0.1, 0.15) is 0 Å². The van der Waals surface area contributed by atoms with Gasteiger partial charge in [-0.05, 0) is 57.4 Å². The van der Waals surface area contributed by atoms with Gasteiger partial charge in [0, 0.05) is 37.6 Å². The van der Waals surface area contributed by atoms with Crippen LogP contribution in [0.1, 0.15) is 32.8 Å². The van der Waals surface area contributed by atoms with E-state index in [0.717, 1.165) is 25.1 Å². The van der Waals surface area contributed by atoms with Gasteiger partial charge in [0.05, 0.1) is 6.10 Å². The summed E-state index contributed by atoms with van der Waals surface area (Å²) in [6, 6.07) is 5.94. The van der Waals surface area contributed by atoms with E-state index in [4.69, 9.17) is 0 Å². The number of anilines is 2. The first kappa shape index (κ1) is 16.6. The van der Waals surface area contributed by atoms with Gasteiger partial charge in [0.2, 0.25) is 0 Å². The van der Waals surface area contributed by atoms with Crippen LogP contribution in [0.4, 0.5) is 16.2 Å². The zero-order valence-electron chi connectivity index (χ0n) is 14.0. The van der Waals surface area contributed by atoms with Crippen LogP contribution in [0, 0.1) is 0 Å². The lowest BCUT2D eigenvalue weighted by Crippen LogP contribution is -2.43. The Balaban J connectivity index is 2.11. The van der Waals surface area contributed by atoms with E-state index in [-0.39, 0.29) is 12.1 Å².